The van der Waals surface area contributed by atoms with Gasteiger partial charge < -0.3 is 16.0 Å². The normalized spacial score (nSPS) is 11.0. The summed E-state index contributed by atoms with van der Waals surface area (Å²) in [5.74, 6) is -0.395. The Bertz CT molecular complexity index is 1190. The van der Waals surface area contributed by atoms with Gasteiger partial charge in [0.15, 0.2) is 5.69 Å². The molecule has 9 nitrogen and oxygen atoms in total. The summed E-state index contributed by atoms with van der Waals surface area (Å²) < 4.78 is 0. The summed E-state index contributed by atoms with van der Waals surface area (Å²) in [4.78, 5) is 47.1. The van der Waals surface area contributed by atoms with Crippen LogP contribution >= 0.6 is 11.3 Å². The highest BCUT2D eigenvalue weighted by Gasteiger charge is 2.29. The fourth-order valence-electron chi connectivity index (χ4n) is 3.40. The average molecular weight is 509 g/mol. The molecule has 4 amide bonds. The molecule has 0 aliphatic heterocycles. The molecule has 0 bridgehead atoms. The number of benzene rings is 1. The number of hydrogen-bond acceptors (Lipinski definition) is 6. The SMILES string of the molecule is CCCCNC(=O)c1nc(-c2ccc(NC(=O)NCC)nc2)sc1C(=O)NC(C)(C)c1ccccc1. The fourth-order valence-corrected chi connectivity index (χ4v) is 4.34. The number of rotatable bonds is 10. The minimum Gasteiger partial charge on any atom is -0.351 e. The summed E-state index contributed by atoms with van der Waals surface area (Å²) in [6.07, 6.45) is 3.31. The molecule has 4 N–H and O–H groups in total. The van der Waals surface area contributed by atoms with Crippen LogP contribution in [-0.4, -0.2) is 40.9 Å². The van der Waals surface area contributed by atoms with Gasteiger partial charge in [-0.2, -0.15) is 0 Å². The maximum absolute atomic E-state index is 13.4. The van der Waals surface area contributed by atoms with Crippen molar-refractivity contribution in [1.29, 1.82) is 0 Å². The number of pyridine rings is 1. The van der Waals surface area contributed by atoms with E-state index in [0.29, 0.717) is 29.5 Å². The molecule has 0 atom stereocenters. The van der Waals surface area contributed by atoms with Crippen molar-refractivity contribution in [2.45, 2.75) is 46.1 Å². The van der Waals surface area contributed by atoms with Gasteiger partial charge in [0.05, 0.1) is 5.54 Å². The monoisotopic (exact) mass is 508 g/mol. The van der Waals surface area contributed by atoms with Crippen LogP contribution in [0.4, 0.5) is 10.6 Å². The Morgan fingerprint density at radius 3 is 2.36 bits per heavy atom. The molecular formula is C26H32N6O3S. The second kappa shape index (κ2) is 12.3. The topological polar surface area (TPSA) is 125 Å². The lowest BCUT2D eigenvalue weighted by Crippen LogP contribution is -2.41. The number of amides is 4. The maximum Gasteiger partial charge on any atom is 0.320 e. The van der Waals surface area contributed by atoms with Gasteiger partial charge in [0.1, 0.15) is 15.7 Å². The molecule has 0 saturated carbocycles. The minimum absolute atomic E-state index is 0.0805. The minimum atomic E-state index is -0.660. The Morgan fingerprint density at radius 2 is 1.72 bits per heavy atom. The summed E-state index contributed by atoms with van der Waals surface area (Å²) in [6, 6.07) is 12.7. The number of urea groups is 1. The van der Waals surface area contributed by atoms with Crippen LogP contribution in [0.2, 0.25) is 0 Å². The average Bonchev–Trinajstić information content (AvgIpc) is 3.31. The highest BCUT2D eigenvalue weighted by Crippen LogP contribution is 2.30. The molecule has 2 heterocycles. The van der Waals surface area contributed by atoms with Crippen molar-refractivity contribution in [2.24, 2.45) is 0 Å². The quantitative estimate of drug-likeness (QED) is 0.299. The van der Waals surface area contributed by atoms with Crippen LogP contribution < -0.4 is 21.3 Å². The number of nitrogens with one attached hydrogen (secondary N) is 4. The maximum atomic E-state index is 13.4. The molecule has 190 valence electrons. The molecule has 1 aromatic carbocycles. The molecule has 0 spiro atoms. The van der Waals surface area contributed by atoms with Gasteiger partial charge in [-0.3, -0.25) is 14.9 Å². The van der Waals surface area contributed by atoms with Gasteiger partial charge in [0.25, 0.3) is 11.8 Å². The van der Waals surface area contributed by atoms with Gasteiger partial charge in [-0.1, -0.05) is 43.7 Å². The van der Waals surface area contributed by atoms with E-state index in [4.69, 9.17) is 0 Å². The number of unbranched alkanes of at least 4 members (excludes halogenated alkanes) is 1. The lowest BCUT2D eigenvalue weighted by atomic mass is 9.94. The zero-order valence-electron chi connectivity index (χ0n) is 21.0. The Hall–Kier alpha value is -3.79. The standard InChI is InChI=1S/C26H32N6O3S/c1-5-7-15-28-22(33)20-21(23(34)32-26(3,4)18-11-9-8-10-12-18)36-24(31-20)17-13-14-19(29-16-17)30-25(35)27-6-2/h8-14,16H,5-7,15H2,1-4H3,(H,28,33)(H,32,34)(H2,27,29,30,35). The van der Waals surface area contributed by atoms with E-state index in [1.807, 2.05) is 58.0 Å². The molecule has 0 saturated heterocycles. The first-order chi connectivity index (χ1) is 17.2. The third-order valence-corrected chi connectivity index (χ3v) is 6.48. The van der Waals surface area contributed by atoms with Crippen LogP contribution in [0.1, 0.15) is 66.3 Å². The molecular weight excluding hydrogens is 476 g/mol. The van der Waals surface area contributed by atoms with Crippen molar-refractivity contribution in [3.8, 4) is 10.6 Å². The van der Waals surface area contributed by atoms with Crippen molar-refractivity contribution >= 4 is 35.0 Å². The van der Waals surface area contributed by atoms with E-state index in [1.165, 1.54) is 0 Å². The molecule has 3 aromatic rings. The Morgan fingerprint density at radius 1 is 0.972 bits per heavy atom. The van der Waals surface area contributed by atoms with Crippen LogP contribution in [0.3, 0.4) is 0 Å². The van der Waals surface area contributed by atoms with Gasteiger partial charge in [0.2, 0.25) is 0 Å². The van der Waals surface area contributed by atoms with Crippen molar-refractivity contribution < 1.29 is 14.4 Å². The molecule has 36 heavy (non-hydrogen) atoms. The number of anilines is 1. The van der Waals surface area contributed by atoms with Gasteiger partial charge in [0, 0.05) is 24.8 Å². The third-order valence-electron chi connectivity index (χ3n) is 5.38. The third kappa shape index (κ3) is 6.88. The van der Waals surface area contributed by atoms with Crippen molar-refractivity contribution in [3.63, 3.8) is 0 Å². The van der Waals surface area contributed by atoms with Gasteiger partial charge in [-0.15, -0.1) is 11.3 Å². The highest BCUT2D eigenvalue weighted by atomic mass is 32.1. The van der Waals surface area contributed by atoms with Gasteiger partial charge in [-0.25, -0.2) is 14.8 Å². The molecule has 0 aliphatic carbocycles. The van der Waals surface area contributed by atoms with E-state index >= 15 is 0 Å². The van der Waals surface area contributed by atoms with Crippen LogP contribution in [0.15, 0.2) is 48.7 Å². The van der Waals surface area contributed by atoms with E-state index in [-0.39, 0.29) is 22.5 Å². The van der Waals surface area contributed by atoms with Crippen LogP contribution in [0.5, 0.6) is 0 Å². The molecule has 0 aliphatic rings. The highest BCUT2D eigenvalue weighted by molar-refractivity contribution is 7.17. The molecule has 0 fully saturated rings. The zero-order valence-corrected chi connectivity index (χ0v) is 21.8. The zero-order chi connectivity index (χ0) is 26.1. The van der Waals surface area contributed by atoms with Crippen LogP contribution in [0, 0.1) is 0 Å². The summed E-state index contributed by atoms with van der Waals surface area (Å²) in [6.45, 7) is 8.68. The molecule has 10 heteroatoms. The summed E-state index contributed by atoms with van der Waals surface area (Å²) in [5.41, 5.74) is 0.991. The van der Waals surface area contributed by atoms with E-state index < -0.39 is 11.4 Å². The van der Waals surface area contributed by atoms with E-state index in [2.05, 4.69) is 31.2 Å². The predicted molar refractivity (Wildman–Crippen MR) is 142 cm³/mol. The van der Waals surface area contributed by atoms with Crippen molar-refractivity contribution in [3.05, 3.63) is 64.8 Å². The fraction of sp³-hybridized carbons (Fsp3) is 0.346. The Labute approximate surface area is 215 Å². The smallest absolute Gasteiger partial charge is 0.320 e. The molecule has 3 rings (SSSR count). The molecule has 0 radical (unpaired) electrons. The summed E-state index contributed by atoms with van der Waals surface area (Å²) >= 11 is 1.13. The summed E-state index contributed by atoms with van der Waals surface area (Å²) in [7, 11) is 0. The second-order valence-corrected chi connectivity index (χ2v) is 9.67. The first-order valence-electron chi connectivity index (χ1n) is 11.9. The largest absolute Gasteiger partial charge is 0.351 e. The van der Waals surface area contributed by atoms with E-state index in [9.17, 15) is 14.4 Å². The van der Waals surface area contributed by atoms with Crippen molar-refractivity contribution in [1.82, 2.24) is 25.9 Å². The molecule has 0 unspecified atom stereocenters. The summed E-state index contributed by atoms with van der Waals surface area (Å²) in [5, 5.41) is 11.7. The van der Waals surface area contributed by atoms with Crippen LogP contribution in [0.25, 0.3) is 10.6 Å². The number of carbonyl (C=O) groups excluding carboxylic acids is 3. The lowest BCUT2D eigenvalue weighted by molar-refractivity contribution is 0.0894. The number of aromatic nitrogens is 2. The Kier molecular flexibility index (Phi) is 9.13. The second-order valence-electron chi connectivity index (χ2n) is 8.67. The van der Waals surface area contributed by atoms with Gasteiger partial charge in [-0.05, 0) is 44.9 Å². The number of thiazole rings is 1. The number of hydrogen-bond donors (Lipinski definition) is 4. The first-order valence-corrected chi connectivity index (χ1v) is 12.7. The first kappa shape index (κ1) is 26.8. The number of nitrogens with zero attached hydrogens (tertiary/aromatic N) is 2. The van der Waals surface area contributed by atoms with E-state index in [1.54, 1.807) is 18.3 Å². The van der Waals surface area contributed by atoms with Crippen molar-refractivity contribution in [2.75, 3.05) is 18.4 Å². The Balaban J connectivity index is 1.89. The molecule has 2 aromatic heterocycles. The van der Waals surface area contributed by atoms with Gasteiger partial charge >= 0.3 is 6.03 Å². The van der Waals surface area contributed by atoms with Crippen LogP contribution in [-0.2, 0) is 5.54 Å². The van der Waals surface area contributed by atoms with E-state index in [0.717, 1.165) is 29.7 Å². The lowest BCUT2D eigenvalue weighted by Gasteiger charge is -2.26. The number of carbonyl (C=O) groups is 3. The predicted octanol–water partition coefficient (Wildman–Crippen LogP) is 4.54.